The molecule has 17 nitrogen and oxygen atoms in total. The van der Waals surface area contributed by atoms with Gasteiger partial charge in [0.05, 0.1) is 65.8 Å². The van der Waals surface area contributed by atoms with Crippen LogP contribution in [0.4, 0.5) is 0 Å². The zero-order valence-corrected chi connectivity index (χ0v) is 71.8. The number of methoxy groups -OCH3 is 2. The summed E-state index contributed by atoms with van der Waals surface area (Å²) in [6.07, 6.45) is 11.3. The molecule has 17 heteroatoms. The van der Waals surface area contributed by atoms with Gasteiger partial charge in [0.1, 0.15) is 52.0 Å². The van der Waals surface area contributed by atoms with E-state index >= 15 is 0 Å². The minimum Gasteiger partial charge on any atom is -0.497 e. The highest BCUT2D eigenvalue weighted by molar-refractivity contribution is 6.15. The molecule has 0 spiro atoms. The lowest BCUT2D eigenvalue weighted by Crippen LogP contribution is -2.28. The maximum atomic E-state index is 12.3. The van der Waals surface area contributed by atoms with Gasteiger partial charge in [0.2, 0.25) is 0 Å². The molecule has 0 heterocycles. The van der Waals surface area contributed by atoms with Gasteiger partial charge in [-0.2, -0.15) is 0 Å². The minimum atomic E-state index is -0.440. The zero-order valence-electron chi connectivity index (χ0n) is 71.8. The van der Waals surface area contributed by atoms with E-state index in [-0.39, 0.29) is 156 Å². The van der Waals surface area contributed by atoms with E-state index in [0.717, 1.165) is 42.4 Å². The van der Waals surface area contributed by atoms with Crippen molar-refractivity contribution in [1.29, 1.82) is 0 Å². The minimum absolute atomic E-state index is 0.00106. The number of hydrogen-bond acceptors (Lipinski definition) is 17. The average Bonchev–Trinajstić information content (AvgIpc) is 0.853. The topological polar surface area (TPSA) is 278 Å². The molecule has 0 radical (unpaired) electrons. The van der Waals surface area contributed by atoms with Crippen molar-refractivity contribution < 1.29 is 81.7 Å². The number of ether oxygens (including phenoxy) is 2. The van der Waals surface area contributed by atoms with Crippen LogP contribution in [-0.2, 0) is 45.6 Å². The van der Waals surface area contributed by atoms with E-state index in [4.69, 9.17) is 14.6 Å². The van der Waals surface area contributed by atoms with Crippen molar-refractivity contribution in [2.24, 2.45) is 34.0 Å². The number of hydrogen-bond donors (Lipinski definition) is 1. The smallest absolute Gasteiger partial charge is 0.170 e. The van der Waals surface area contributed by atoms with Gasteiger partial charge in [-0.25, -0.2) is 0 Å². The van der Waals surface area contributed by atoms with E-state index in [0.29, 0.717) is 50.4 Å². The van der Waals surface area contributed by atoms with Gasteiger partial charge in [-0.05, 0) is 105 Å². The molecule has 2 aliphatic rings. The van der Waals surface area contributed by atoms with Crippen LogP contribution in [0.1, 0.15) is 302 Å². The van der Waals surface area contributed by atoms with Gasteiger partial charge in [0, 0.05) is 72.9 Å². The Hall–Kier alpha value is -10.5. The highest BCUT2D eigenvalue weighted by Gasteiger charge is 2.31. The number of carbonyl (C=O) groups is 14. The summed E-state index contributed by atoms with van der Waals surface area (Å²) in [5.41, 5.74) is 5.66. The maximum absolute atomic E-state index is 12.3. The van der Waals surface area contributed by atoms with Crippen molar-refractivity contribution in [3.05, 3.63) is 238 Å². The number of Topliss-reactive ketones (excluding diaryl/α,β-unsaturated/α-hetero) is 14. The molecule has 2 saturated carbocycles. The number of aryl methyl sites for hydroxylation is 1. The summed E-state index contributed by atoms with van der Waals surface area (Å²) in [6, 6.07) is 52.6. The van der Waals surface area contributed by atoms with Crippen molar-refractivity contribution in [3.63, 3.8) is 0 Å². The lowest BCUT2D eigenvalue weighted by molar-refractivity contribution is -0.135. The monoisotopic (exact) mass is 1580 g/mol. The van der Waals surface area contributed by atoms with E-state index in [2.05, 4.69) is 20.8 Å². The molecule has 7 aromatic carbocycles. The molecule has 0 bridgehead atoms. The largest absolute Gasteiger partial charge is 0.497 e. The van der Waals surface area contributed by atoms with E-state index in [1.165, 1.54) is 45.4 Å². The number of aliphatic hydroxyl groups is 1. The first-order chi connectivity index (χ1) is 54.4. The molecule has 622 valence electrons. The quantitative estimate of drug-likeness (QED) is 0.0370. The van der Waals surface area contributed by atoms with E-state index in [1.54, 1.807) is 174 Å². The van der Waals surface area contributed by atoms with Crippen LogP contribution in [0.15, 0.2) is 182 Å². The Morgan fingerprint density at radius 1 is 0.345 bits per heavy atom. The molecule has 116 heavy (non-hydrogen) atoms. The normalized spacial score (nSPS) is 12.7. The van der Waals surface area contributed by atoms with Gasteiger partial charge in [-0.15, -0.1) is 0 Å². The molecule has 7 aromatic rings. The van der Waals surface area contributed by atoms with E-state index in [1.807, 2.05) is 106 Å². The van der Waals surface area contributed by atoms with Crippen LogP contribution >= 0.6 is 0 Å². The number of ketones is 14. The number of carbonyl (C=O) groups excluding carboxylic acids is 14. The Morgan fingerprint density at radius 3 is 0.931 bits per heavy atom. The molecule has 1 N–H and O–H groups in total. The van der Waals surface area contributed by atoms with Gasteiger partial charge in [-0.3, -0.25) is 67.1 Å². The first-order valence-corrected chi connectivity index (χ1v) is 40.0. The van der Waals surface area contributed by atoms with Crippen LogP contribution < -0.4 is 9.47 Å². The number of aliphatic hydroxyl groups excluding tert-OH is 1. The molecule has 2 aliphatic carbocycles. The highest BCUT2D eigenvalue weighted by atomic mass is 16.5. The summed E-state index contributed by atoms with van der Waals surface area (Å²) in [7, 11) is 3.12. The van der Waals surface area contributed by atoms with Crippen LogP contribution in [0, 0.1) is 40.9 Å². The molecule has 0 atom stereocenters. The van der Waals surface area contributed by atoms with Gasteiger partial charge in [0.15, 0.2) is 40.5 Å². The summed E-state index contributed by atoms with van der Waals surface area (Å²) >= 11 is 0. The summed E-state index contributed by atoms with van der Waals surface area (Å²) in [5.74, 6) is 0.989. The number of rotatable bonds is 27. The van der Waals surface area contributed by atoms with Gasteiger partial charge >= 0.3 is 0 Å². The second-order valence-corrected chi connectivity index (χ2v) is 33.9. The molecule has 2 fully saturated rings. The molecule has 0 amide bonds. The summed E-state index contributed by atoms with van der Waals surface area (Å²) in [4.78, 5) is 164. The van der Waals surface area contributed by atoms with E-state index in [9.17, 15) is 67.1 Å². The standard InChI is InChI=1S/C20H22O3.C17H16O4.C15H24O2.C13H16O2.C12H14O2.C11H12O2.C11H20O2/c1-20(2,3)17-10-8-16(9-11-17)19(23)12-18(22)15-6-4-14(13-21)5-7-15;1-20-14-7-3-12(4-8-14)16(18)11-17(19)13-5-9-15(21-2)10-6-13;16-14(12-7-3-1-4-8-12)11-15(17)13-9-5-2-6-10-13;1-13(2,3)12(15)9-11(14)10-7-5-4-6-8-10;1-9(2)11(13)8-12(14)10-6-4-3-5-7-10;1-8-3-5-10(6-4-8)11(13)7-9(2)12;1-10(2,3)8(12)7-9(13)11(4,5)6/h4-11,21H,12-13H2,1-3H3;3-10H,11H2,1-2H3;12-13H,1-11H2;4-8H,9H2,1-3H3;3-7,9H,8H2,1-2H3;3-6H,7H2,1-2H3;7H2,1-6H3. The van der Waals surface area contributed by atoms with Gasteiger partial charge in [-0.1, -0.05) is 274 Å². The Bertz CT molecular complexity index is 4240. The Morgan fingerprint density at radius 2 is 0.629 bits per heavy atom. The second kappa shape index (κ2) is 49.4. The fourth-order valence-corrected chi connectivity index (χ4v) is 11.5. The zero-order chi connectivity index (χ0) is 87.1. The molecule has 0 aromatic heterocycles. The lowest BCUT2D eigenvalue weighted by atomic mass is 9.80. The van der Waals surface area contributed by atoms with Gasteiger partial charge < -0.3 is 14.6 Å². The average molecular weight is 1590 g/mol. The van der Waals surface area contributed by atoms with Crippen LogP contribution in [-0.4, -0.2) is 100 Å². The molecule has 0 unspecified atom stereocenters. The SMILES string of the molecule is CC(=O)CC(=O)c1ccc(C)cc1.CC(C)(C)C(=O)CC(=O)C(C)(C)C.CC(C)(C)C(=O)CC(=O)c1ccccc1.CC(C)(C)c1ccc(C(=O)CC(=O)c2ccc(CO)cc2)cc1.CC(C)C(=O)CC(=O)c1ccccc1.COc1ccc(C(=O)CC(=O)c2ccc(OC)cc2)cc1.O=C(CC(=O)C1CCCCC1)C1CCCCC1. The van der Waals surface area contributed by atoms with Gasteiger partial charge in [0.25, 0.3) is 0 Å². The first kappa shape index (κ1) is 99.7. The molecular weight excluding hydrogens is 1460 g/mol. The maximum Gasteiger partial charge on any atom is 0.170 e. The summed E-state index contributed by atoms with van der Waals surface area (Å²) < 4.78 is 10.1. The van der Waals surface area contributed by atoms with Crippen LogP contribution in [0.5, 0.6) is 11.5 Å². The van der Waals surface area contributed by atoms with Crippen molar-refractivity contribution in [1.82, 2.24) is 0 Å². The number of benzene rings is 7. The van der Waals surface area contributed by atoms with Crippen molar-refractivity contribution >= 4 is 81.0 Å². The Kier molecular flexibility index (Phi) is 42.5. The summed E-state index contributed by atoms with van der Waals surface area (Å²) in [6.45, 7) is 29.8. The molecule has 0 saturated heterocycles. The second-order valence-electron chi connectivity index (χ2n) is 33.9. The van der Waals surface area contributed by atoms with Crippen molar-refractivity contribution in [2.75, 3.05) is 14.2 Å². The summed E-state index contributed by atoms with van der Waals surface area (Å²) in [5, 5.41) is 9.00. The molecule has 0 aliphatic heterocycles. The third-order valence-electron chi connectivity index (χ3n) is 19.6. The fourth-order valence-electron chi connectivity index (χ4n) is 11.5. The van der Waals surface area contributed by atoms with Crippen molar-refractivity contribution in [2.45, 2.75) is 232 Å². The predicted octanol–water partition coefficient (Wildman–Crippen LogP) is 20.9. The van der Waals surface area contributed by atoms with Crippen LogP contribution in [0.3, 0.4) is 0 Å². The fraction of sp³-hybridized carbons (Fsp3) is 0.434. The third kappa shape index (κ3) is 37.8. The highest BCUT2D eigenvalue weighted by Crippen LogP contribution is 2.30. The Labute approximate surface area is 688 Å². The predicted molar refractivity (Wildman–Crippen MR) is 457 cm³/mol. The van der Waals surface area contributed by atoms with E-state index < -0.39 is 16.2 Å². The Balaban J connectivity index is 0.000000354. The first-order valence-electron chi connectivity index (χ1n) is 40.0. The lowest BCUT2D eigenvalue weighted by Gasteiger charge is -2.23. The van der Waals surface area contributed by atoms with Crippen LogP contribution in [0.25, 0.3) is 0 Å². The molecular formula is C99H124O17. The van der Waals surface area contributed by atoms with Crippen molar-refractivity contribution in [3.8, 4) is 11.5 Å². The molecule has 9 rings (SSSR count). The third-order valence-corrected chi connectivity index (χ3v) is 19.6. The van der Waals surface area contributed by atoms with Crippen LogP contribution in [0.2, 0.25) is 0 Å².